The number of nitrogens with one attached hydrogen (secondary N) is 1. The van der Waals surface area contributed by atoms with Crippen LogP contribution in [-0.4, -0.2) is 67.0 Å². The highest BCUT2D eigenvalue weighted by molar-refractivity contribution is 5.97. The van der Waals surface area contributed by atoms with Gasteiger partial charge in [0.15, 0.2) is 12.2 Å². The molecule has 4 rings (SSSR count). The molecule has 1 aliphatic rings. The van der Waals surface area contributed by atoms with Crippen LogP contribution < -0.4 is 10.1 Å². The Morgan fingerprint density at radius 3 is 1.91 bits per heavy atom. The molecule has 3 aromatic carbocycles. The molecular formula is C34H35NO11. The van der Waals surface area contributed by atoms with Gasteiger partial charge in [0, 0.05) is 20.8 Å². The number of rotatable bonds is 12. The van der Waals surface area contributed by atoms with Crippen molar-refractivity contribution in [2.75, 3.05) is 6.61 Å². The maximum Gasteiger partial charge on any atom is 0.312 e. The van der Waals surface area contributed by atoms with Crippen molar-refractivity contribution in [3.63, 3.8) is 0 Å². The fourth-order valence-corrected chi connectivity index (χ4v) is 4.83. The average molecular weight is 634 g/mol. The van der Waals surface area contributed by atoms with Crippen molar-refractivity contribution in [2.24, 2.45) is 0 Å². The number of benzene rings is 3. The number of ether oxygens (including phenoxy) is 6. The van der Waals surface area contributed by atoms with Crippen molar-refractivity contribution in [2.45, 2.75) is 64.4 Å². The van der Waals surface area contributed by atoms with Gasteiger partial charge in [-0.05, 0) is 23.3 Å². The molecule has 5 atom stereocenters. The molecule has 1 fully saturated rings. The van der Waals surface area contributed by atoms with Gasteiger partial charge < -0.3 is 33.7 Å². The maximum absolute atomic E-state index is 13.8. The molecule has 0 bridgehead atoms. The maximum atomic E-state index is 13.8. The number of amides is 1. The van der Waals surface area contributed by atoms with Crippen LogP contribution in [0.4, 0.5) is 0 Å². The molecule has 46 heavy (non-hydrogen) atoms. The van der Waals surface area contributed by atoms with E-state index in [0.29, 0.717) is 5.56 Å². The van der Waals surface area contributed by atoms with Crippen molar-refractivity contribution >= 4 is 29.8 Å². The molecule has 1 aliphatic heterocycles. The van der Waals surface area contributed by atoms with Crippen molar-refractivity contribution < 1.29 is 52.4 Å². The number of hydrogen-bond acceptors (Lipinski definition) is 11. The van der Waals surface area contributed by atoms with Gasteiger partial charge in [-0.15, -0.1) is 0 Å². The van der Waals surface area contributed by atoms with Crippen molar-refractivity contribution in [1.29, 1.82) is 0 Å². The lowest BCUT2D eigenvalue weighted by atomic mass is 9.95. The Kier molecular flexibility index (Phi) is 11.8. The second-order valence-electron chi connectivity index (χ2n) is 10.4. The average Bonchev–Trinajstić information content (AvgIpc) is 3.02. The molecule has 1 saturated heterocycles. The molecule has 0 aromatic heterocycles. The summed E-state index contributed by atoms with van der Waals surface area (Å²) in [4.78, 5) is 63.1. The SMILES string of the molecule is CC(=O)OC[C@@H]1O[C@@H](OC(=O)Cc2ccccc2)[C@H](NC(=O)c2ccccc2OCc2ccccc2)[C@@H](OC(C)=O)[C@@H]1OC(C)=O. The minimum absolute atomic E-state index is 0.125. The molecule has 1 heterocycles. The first kappa shape index (κ1) is 33.7. The van der Waals surface area contributed by atoms with E-state index in [4.69, 9.17) is 28.4 Å². The van der Waals surface area contributed by atoms with E-state index in [1.165, 1.54) is 13.0 Å². The van der Waals surface area contributed by atoms with E-state index >= 15 is 0 Å². The summed E-state index contributed by atoms with van der Waals surface area (Å²) in [5, 5.41) is 2.74. The molecule has 0 radical (unpaired) electrons. The first-order valence-electron chi connectivity index (χ1n) is 14.5. The quantitative estimate of drug-likeness (QED) is 0.231. The second kappa shape index (κ2) is 16.2. The summed E-state index contributed by atoms with van der Waals surface area (Å²) in [6, 6.07) is 23.2. The summed E-state index contributed by atoms with van der Waals surface area (Å²) in [7, 11) is 0. The predicted octanol–water partition coefficient (Wildman–Crippen LogP) is 3.30. The van der Waals surface area contributed by atoms with Gasteiger partial charge in [-0.25, -0.2) is 0 Å². The Morgan fingerprint density at radius 2 is 1.28 bits per heavy atom. The molecule has 242 valence electrons. The topological polar surface area (TPSA) is 153 Å². The standard InChI is InChI=1S/C34H35NO11/c1-21(36)41-20-28-31(43-22(2)37)32(44-23(3)38)30(34(45-28)46-29(39)18-24-12-6-4-7-13-24)35-33(40)26-16-10-11-17-27(26)42-19-25-14-8-5-9-15-25/h4-17,28,30-32,34H,18-20H2,1-3H3,(H,35,40)/t28-,30+,31+,32+,34-/m0/s1. The zero-order valence-electron chi connectivity index (χ0n) is 25.6. The largest absolute Gasteiger partial charge is 0.488 e. The van der Waals surface area contributed by atoms with Gasteiger partial charge in [0.1, 0.15) is 31.1 Å². The Morgan fingerprint density at radius 1 is 0.696 bits per heavy atom. The Hall–Kier alpha value is -5.23. The summed E-state index contributed by atoms with van der Waals surface area (Å²) in [6.45, 7) is 3.18. The van der Waals surface area contributed by atoms with E-state index in [9.17, 15) is 24.0 Å². The summed E-state index contributed by atoms with van der Waals surface area (Å²) < 4.78 is 33.9. The third-order valence-corrected chi connectivity index (χ3v) is 6.81. The van der Waals surface area contributed by atoms with E-state index in [2.05, 4.69) is 5.32 Å². The highest BCUT2D eigenvalue weighted by atomic mass is 16.7. The molecular weight excluding hydrogens is 598 g/mol. The highest BCUT2D eigenvalue weighted by Crippen LogP contribution is 2.29. The van der Waals surface area contributed by atoms with Crippen molar-refractivity contribution in [3.8, 4) is 5.75 Å². The van der Waals surface area contributed by atoms with Crippen LogP contribution in [0.5, 0.6) is 5.75 Å². The normalized spacial score (nSPS) is 20.5. The van der Waals surface area contributed by atoms with Gasteiger partial charge in [-0.2, -0.15) is 0 Å². The Labute approximate surface area is 265 Å². The molecule has 12 nitrogen and oxygen atoms in total. The molecule has 12 heteroatoms. The lowest BCUT2D eigenvalue weighted by molar-refractivity contribution is -0.270. The molecule has 3 aromatic rings. The van der Waals surface area contributed by atoms with Crippen LogP contribution in [0.1, 0.15) is 42.3 Å². The van der Waals surface area contributed by atoms with Crippen LogP contribution in [0.3, 0.4) is 0 Å². The fraction of sp³-hybridized carbons (Fsp3) is 0.324. The van der Waals surface area contributed by atoms with Crippen LogP contribution in [0, 0.1) is 0 Å². The smallest absolute Gasteiger partial charge is 0.312 e. The number of carbonyl (C=O) groups is 5. The molecule has 0 unspecified atom stereocenters. The third kappa shape index (κ3) is 9.63. The van der Waals surface area contributed by atoms with Crippen molar-refractivity contribution in [1.82, 2.24) is 5.32 Å². The van der Waals surface area contributed by atoms with Crippen molar-refractivity contribution in [3.05, 3.63) is 102 Å². The van der Waals surface area contributed by atoms with Gasteiger partial charge in [0.2, 0.25) is 6.29 Å². The van der Waals surface area contributed by atoms with E-state index in [-0.39, 0.29) is 24.3 Å². The highest BCUT2D eigenvalue weighted by Gasteiger charge is 2.52. The molecule has 1 amide bonds. The van der Waals surface area contributed by atoms with E-state index in [1.54, 1.807) is 48.5 Å². The molecule has 0 spiro atoms. The Bertz CT molecular complexity index is 1510. The predicted molar refractivity (Wildman–Crippen MR) is 161 cm³/mol. The van der Waals surface area contributed by atoms with Crippen LogP contribution in [0.25, 0.3) is 0 Å². The fourth-order valence-electron chi connectivity index (χ4n) is 4.83. The number of carbonyl (C=O) groups excluding carboxylic acids is 5. The number of para-hydroxylation sites is 1. The summed E-state index contributed by atoms with van der Waals surface area (Å²) in [5.74, 6) is -3.35. The van der Waals surface area contributed by atoms with E-state index < -0.39 is 67.0 Å². The van der Waals surface area contributed by atoms with Crippen LogP contribution in [-0.2, 0) is 55.9 Å². The first-order chi connectivity index (χ1) is 22.1. The van der Waals surface area contributed by atoms with Gasteiger partial charge in [0.05, 0.1) is 12.0 Å². The van der Waals surface area contributed by atoms with Crippen LogP contribution >= 0.6 is 0 Å². The van der Waals surface area contributed by atoms with Gasteiger partial charge in [0.25, 0.3) is 5.91 Å². The van der Waals surface area contributed by atoms with Gasteiger partial charge >= 0.3 is 23.9 Å². The van der Waals surface area contributed by atoms with Crippen LogP contribution in [0.15, 0.2) is 84.9 Å². The molecule has 0 saturated carbocycles. The zero-order valence-corrected chi connectivity index (χ0v) is 25.6. The molecule has 1 N–H and O–H groups in total. The van der Waals surface area contributed by atoms with E-state index in [0.717, 1.165) is 19.4 Å². The minimum atomic E-state index is -1.56. The monoisotopic (exact) mass is 633 g/mol. The second-order valence-corrected chi connectivity index (χ2v) is 10.4. The van der Waals surface area contributed by atoms with Gasteiger partial charge in [-0.1, -0.05) is 72.8 Å². The number of hydrogen-bond donors (Lipinski definition) is 1. The number of esters is 4. The molecule has 0 aliphatic carbocycles. The van der Waals surface area contributed by atoms with Crippen LogP contribution in [0.2, 0.25) is 0 Å². The lowest BCUT2D eigenvalue weighted by Gasteiger charge is -2.44. The first-order valence-corrected chi connectivity index (χ1v) is 14.5. The Balaban J connectivity index is 1.66. The summed E-state index contributed by atoms with van der Waals surface area (Å²) in [5.41, 5.74) is 1.65. The zero-order chi connectivity index (χ0) is 33.1. The summed E-state index contributed by atoms with van der Waals surface area (Å²) in [6.07, 6.45) is -5.72. The third-order valence-electron chi connectivity index (χ3n) is 6.81. The lowest BCUT2D eigenvalue weighted by Crippen LogP contribution is -2.67. The minimum Gasteiger partial charge on any atom is -0.488 e. The summed E-state index contributed by atoms with van der Waals surface area (Å²) >= 11 is 0. The van der Waals surface area contributed by atoms with E-state index in [1.807, 2.05) is 30.3 Å². The van der Waals surface area contributed by atoms with Gasteiger partial charge in [-0.3, -0.25) is 24.0 Å².